The summed E-state index contributed by atoms with van der Waals surface area (Å²) in [5.41, 5.74) is 9.46. The highest BCUT2D eigenvalue weighted by atomic mass is 35.5. The fraction of sp³-hybridized carbons (Fsp3) is 0.0667. The largest absolute Gasteiger partial charge is 0.383 e. The Bertz CT molecular complexity index is 797. The molecule has 0 radical (unpaired) electrons. The first-order valence-electron chi connectivity index (χ1n) is 6.26. The number of rotatable bonds is 2. The second-order valence-electron chi connectivity index (χ2n) is 4.59. The van der Waals surface area contributed by atoms with Crippen LogP contribution in [0.5, 0.6) is 0 Å². The molecule has 4 nitrogen and oxygen atoms in total. The van der Waals surface area contributed by atoms with Crippen molar-refractivity contribution in [2.24, 2.45) is 7.05 Å². The van der Waals surface area contributed by atoms with Gasteiger partial charge in [0.05, 0.1) is 10.6 Å². The number of hydrogen-bond acceptors (Lipinski definition) is 3. The Kier molecular flexibility index (Phi) is 3.57. The number of aromatic nitrogens is 3. The Morgan fingerprint density at radius 3 is 2.48 bits per heavy atom. The summed E-state index contributed by atoms with van der Waals surface area (Å²) >= 11 is 12.3. The van der Waals surface area contributed by atoms with Crippen molar-refractivity contribution in [3.63, 3.8) is 0 Å². The van der Waals surface area contributed by atoms with Crippen molar-refractivity contribution < 1.29 is 0 Å². The molecule has 0 atom stereocenters. The quantitative estimate of drug-likeness (QED) is 0.775. The van der Waals surface area contributed by atoms with Gasteiger partial charge in [-0.25, -0.2) is 0 Å². The van der Waals surface area contributed by atoms with E-state index in [4.69, 9.17) is 28.9 Å². The standard InChI is InChI=1S/C15H12Cl2N4/c1-21-15(18)13(9-4-6-19-7-5-9)14(20-21)11-3-2-10(16)8-12(11)17/h2-8H,18H2,1H3. The predicted octanol–water partition coefficient (Wildman–Crippen LogP) is 4.04. The number of nitrogens with two attached hydrogens (primary N) is 1. The van der Waals surface area contributed by atoms with Crippen LogP contribution >= 0.6 is 23.2 Å². The maximum Gasteiger partial charge on any atom is 0.129 e. The molecule has 1 aromatic carbocycles. The lowest BCUT2D eigenvalue weighted by molar-refractivity contribution is 0.782. The van der Waals surface area contributed by atoms with Gasteiger partial charge >= 0.3 is 0 Å². The first-order chi connectivity index (χ1) is 10.1. The van der Waals surface area contributed by atoms with Crippen molar-refractivity contribution in [1.82, 2.24) is 14.8 Å². The zero-order valence-corrected chi connectivity index (χ0v) is 12.7. The number of pyridine rings is 1. The molecule has 0 bridgehead atoms. The third-order valence-electron chi connectivity index (χ3n) is 3.25. The summed E-state index contributed by atoms with van der Waals surface area (Å²) in [4.78, 5) is 4.03. The van der Waals surface area contributed by atoms with Crippen LogP contribution < -0.4 is 5.73 Å². The van der Waals surface area contributed by atoms with Gasteiger partial charge in [0.1, 0.15) is 11.5 Å². The van der Waals surface area contributed by atoms with Crippen molar-refractivity contribution >= 4 is 29.0 Å². The third-order valence-corrected chi connectivity index (χ3v) is 3.79. The fourth-order valence-electron chi connectivity index (χ4n) is 2.21. The number of nitrogens with zero attached hydrogens (tertiary/aromatic N) is 3. The highest BCUT2D eigenvalue weighted by molar-refractivity contribution is 6.36. The molecule has 0 saturated heterocycles. The van der Waals surface area contributed by atoms with Crippen LogP contribution in [0.2, 0.25) is 10.0 Å². The van der Waals surface area contributed by atoms with Crippen molar-refractivity contribution in [1.29, 1.82) is 0 Å². The summed E-state index contributed by atoms with van der Waals surface area (Å²) < 4.78 is 1.63. The van der Waals surface area contributed by atoms with Gasteiger partial charge < -0.3 is 5.73 Å². The molecule has 0 amide bonds. The SMILES string of the molecule is Cn1nc(-c2ccc(Cl)cc2Cl)c(-c2ccncc2)c1N. The molecule has 2 heterocycles. The zero-order valence-electron chi connectivity index (χ0n) is 11.2. The first kappa shape index (κ1) is 13.9. The second kappa shape index (κ2) is 5.39. The van der Waals surface area contributed by atoms with Crippen molar-refractivity contribution in [2.45, 2.75) is 0 Å². The minimum atomic E-state index is 0.538. The van der Waals surface area contributed by atoms with Crippen molar-refractivity contribution in [2.75, 3.05) is 5.73 Å². The lowest BCUT2D eigenvalue weighted by Crippen LogP contribution is -1.97. The van der Waals surface area contributed by atoms with Crippen LogP contribution in [-0.4, -0.2) is 14.8 Å². The average molecular weight is 319 g/mol. The van der Waals surface area contributed by atoms with E-state index in [9.17, 15) is 0 Å². The van der Waals surface area contributed by atoms with E-state index in [1.54, 1.807) is 36.3 Å². The van der Waals surface area contributed by atoms with Gasteiger partial charge in [-0.2, -0.15) is 5.10 Å². The fourth-order valence-corrected chi connectivity index (χ4v) is 2.71. The number of hydrogen-bond donors (Lipinski definition) is 1. The molecule has 3 aromatic rings. The summed E-state index contributed by atoms with van der Waals surface area (Å²) in [5.74, 6) is 0.571. The molecule has 0 aliphatic heterocycles. The van der Waals surface area contributed by atoms with Gasteiger partial charge in [-0.3, -0.25) is 9.67 Å². The number of anilines is 1. The highest BCUT2D eigenvalue weighted by Gasteiger charge is 2.19. The minimum Gasteiger partial charge on any atom is -0.383 e. The molecule has 0 aliphatic carbocycles. The summed E-state index contributed by atoms with van der Waals surface area (Å²) in [6.45, 7) is 0. The third kappa shape index (κ3) is 2.48. The van der Waals surface area contributed by atoms with Gasteiger partial charge in [0.25, 0.3) is 0 Å². The molecule has 2 N–H and O–H groups in total. The molecule has 2 aromatic heterocycles. The maximum absolute atomic E-state index is 6.30. The van der Waals surface area contributed by atoms with E-state index < -0.39 is 0 Å². The predicted molar refractivity (Wildman–Crippen MR) is 86.3 cm³/mol. The maximum atomic E-state index is 6.30. The van der Waals surface area contributed by atoms with E-state index in [1.807, 2.05) is 18.2 Å². The van der Waals surface area contributed by atoms with E-state index in [2.05, 4.69) is 10.1 Å². The Labute approximate surface area is 132 Å². The number of nitrogen functional groups attached to an aromatic ring is 1. The average Bonchev–Trinajstić information content (AvgIpc) is 2.75. The van der Waals surface area contributed by atoms with Crippen molar-refractivity contribution in [3.05, 3.63) is 52.8 Å². The molecule has 0 fully saturated rings. The van der Waals surface area contributed by atoms with Crippen LogP contribution in [0.4, 0.5) is 5.82 Å². The van der Waals surface area contributed by atoms with Crippen LogP contribution in [0.1, 0.15) is 0 Å². The lowest BCUT2D eigenvalue weighted by atomic mass is 10.0. The lowest BCUT2D eigenvalue weighted by Gasteiger charge is -2.06. The van der Waals surface area contributed by atoms with E-state index in [0.717, 1.165) is 22.4 Å². The van der Waals surface area contributed by atoms with Gasteiger partial charge in [0, 0.05) is 30.0 Å². The molecule has 6 heteroatoms. The Morgan fingerprint density at radius 2 is 1.81 bits per heavy atom. The van der Waals surface area contributed by atoms with Gasteiger partial charge in [-0.05, 0) is 35.9 Å². The Morgan fingerprint density at radius 1 is 1.10 bits per heavy atom. The normalized spacial score (nSPS) is 10.8. The monoisotopic (exact) mass is 318 g/mol. The molecule has 0 saturated carbocycles. The summed E-state index contributed by atoms with van der Waals surface area (Å²) in [5, 5.41) is 5.61. The van der Waals surface area contributed by atoms with E-state index in [-0.39, 0.29) is 0 Å². The summed E-state index contributed by atoms with van der Waals surface area (Å²) in [6.07, 6.45) is 3.43. The van der Waals surface area contributed by atoms with Crippen LogP contribution in [0.3, 0.4) is 0 Å². The molecule has 106 valence electrons. The van der Waals surface area contributed by atoms with E-state index in [0.29, 0.717) is 15.9 Å². The van der Waals surface area contributed by atoms with Gasteiger partial charge in [0.15, 0.2) is 0 Å². The Balaban J connectivity index is 2.27. The number of aryl methyl sites for hydroxylation is 1. The number of benzene rings is 1. The molecular weight excluding hydrogens is 307 g/mol. The van der Waals surface area contributed by atoms with Crippen LogP contribution in [-0.2, 0) is 7.05 Å². The first-order valence-corrected chi connectivity index (χ1v) is 7.02. The molecular formula is C15H12Cl2N4. The smallest absolute Gasteiger partial charge is 0.129 e. The van der Waals surface area contributed by atoms with Gasteiger partial charge in [-0.1, -0.05) is 23.2 Å². The molecule has 3 rings (SSSR count). The molecule has 0 unspecified atom stereocenters. The molecule has 0 aliphatic rings. The van der Waals surface area contributed by atoms with Crippen LogP contribution in [0.15, 0.2) is 42.7 Å². The Hall–Kier alpha value is -2.04. The van der Waals surface area contributed by atoms with E-state index >= 15 is 0 Å². The zero-order chi connectivity index (χ0) is 15.0. The van der Waals surface area contributed by atoms with Gasteiger partial charge in [0.2, 0.25) is 0 Å². The number of halogens is 2. The molecule has 21 heavy (non-hydrogen) atoms. The highest BCUT2D eigenvalue weighted by Crippen LogP contribution is 2.39. The molecule has 0 spiro atoms. The minimum absolute atomic E-state index is 0.538. The van der Waals surface area contributed by atoms with Crippen LogP contribution in [0.25, 0.3) is 22.4 Å². The summed E-state index contributed by atoms with van der Waals surface area (Å²) in [7, 11) is 1.80. The second-order valence-corrected chi connectivity index (χ2v) is 5.44. The van der Waals surface area contributed by atoms with Gasteiger partial charge in [-0.15, -0.1) is 0 Å². The topological polar surface area (TPSA) is 56.7 Å². The van der Waals surface area contributed by atoms with Crippen molar-refractivity contribution in [3.8, 4) is 22.4 Å². The summed E-state index contributed by atoms with van der Waals surface area (Å²) in [6, 6.07) is 9.10. The van der Waals surface area contributed by atoms with E-state index in [1.165, 1.54) is 0 Å². The van der Waals surface area contributed by atoms with Crippen LogP contribution in [0, 0.1) is 0 Å².